The van der Waals surface area contributed by atoms with E-state index in [1.54, 1.807) is 18.2 Å². The van der Waals surface area contributed by atoms with Crippen LogP contribution >= 0.6 is 0 Å². The van der Waals surface area contributed by atoms with E-state index >= 15 is 0 Å². The third kappa shape index (κ3) is 4.82. The number of piperazine rings is 1. The minimum absolute atomic E-state index is 0.0403. The van der Waals surface area contributed by atoms with Crippen LogP contribution in [0.2, 0.25) is 0 Å². The number of hydrogen-bond acceptors (Lipinski definition) is 4. The first-order valence-corrected chi connectivity index (χ1v) is 10.8. The maximum Gasteiger partial charge on any atom is 0.255 e. The fourth-order valence-electron chi connectivity index (χ4n) is 3.92. The minimum atomic E-state index is -0.179. The lowest BCUT2D eigenvalue weighted by atomic mass is 10.1. The predicted octanol–water partition coefficient (Wildman–Crippen LogP) is 3.74. The van der Waals surface area contributed by atoms with Gasteiger partial charge in [0.05, 0.1) is 0 Å². The fourth-order valence-corrected chi connectivity index (χ4v) is 3.92. The number of likely N-dealkylation sites (N-methyl/N-ethyl adjacent to an activating group) is 1. The Labute approximate surface area is 178 Å². The van der Waals surface area contributed by atoms with Crippen LogP contribution in [-0.2, 0) is 4.79 Å². The van der Waals surface area contributed by atoms with Crippen molar-refractivity contribution in [2.75, 3.05) is 48.3 Å². The molecular formula is C24H30N4O2. The normalized spacial score (nSPS) is 16.9. The van der Waals surface area contributed by atoms with Crippen molar-refractivity contribution in [1.29, 1.82) is 0 Å². The van der Waals surface area contributed by atoms with Crippen molar-refractivity contribution < 1.29 is 9.59 Å². The quantitative estimate of drug-likeness (QED) is 0.767. The van der Waals surface area contributed by atoms with Crippen LogP contribution in [0.15, 0.2) is 42.5 Å². The van der Waals surface area contributed by atoms with Crippen LogP contribution < -0.4 is 15.5 Å². The third-order valence-electron chi connectivity index (χ3n) is 5.96. The van der Waals surface area contributed by atoms with Gasteiger partial charge in [-0.25, -0.2) is 0 Å². The fraction of sp³-hybridized carbons (Fsp3) is 0.417. The number of hydrogen-bond donors (Lipinski definition) is 2. The Morgan fingerprint density at radius 3 is 2.37 bits per heavy atom. The molecule has 0 unspecified atom stereocenters. The van der Waals surface area contributed by atoms with E-state index < -0.39 is 0 Å². The molecule has 1 heterocycles. The Hall–Kier alpha value is -2.86. The molecule has 30 heavy (non-hydrogen) atoms. The van der Waals surface area contributed by atoms with Crippen molar-refractivity contribution >= 4 is 28.9 Å². The van der Waals surface area contributed by atoms with Crippen LogP contribution in [0.3, 0.4) is 0 Å². The lowest BCUT2D eigenvalue weighted by molar-refractivity contribution is -0.117. The third-order valence-corrected chi connectivity index (χ3v) is 5.96. The largest absolute Gasteiger partial charge is 0.369 e. The maximum atomic E-state index is 12.7. The smallest absolute Gasteiger partial charge is 0.255 e. The molecule has 0 atom stereocenters. The molecule has 0 radical (unpaired) electrons. The summed E-state index contributed by atoms with van der Waals surface area (Å²) in [5, 5.41) is 5.88. The van der Waals surface area contributed by atoms with Gasteiger partial charge in [-0.15, -0.1) is 0 Å². The average Bonchev–Trinajstić information content (AvgIpc) is 3.60. The molecule has 1 aliphatic carbocycles. The second kappa shape index (κ2) is 8.88. The van der Waals surface area contributed by atoms with Crippen LogP contribution in [0.5, 0.6) is 0 Å². The zero-order chi connectivity index (χ0) is 21.1. The van der Waals surface area contributed by atoms with Crippen molar-refractivity contribution in [3.8, 4) is 0 Å². The molecule has 1 saturated carbocycles. The van der Waals surface area contributed by atoms with E-state index in [1.165, 1.54) is 5.69 Å². The molecule has 2 fully saturated rings. The van der Waals surface area contributed by atoms with E-state index in [4.69, 9.17) is 0 Å². The molecule has 2 N–H and O–H groups in total. The van der Waals surface area contributed by atoms with Gasteiger partial charge < -0.3 is 20.4 Å². The molecule has 1 saturated heterocycles. The van der Waals surface area contributed by atoms with Gasteiger partial charge in [0.1, 0.15) is 0 Å². The molecule has 0 bridgehead atoms. The van der Waals surface area contributed by atoms with Crippen LogP contribution in [0.1, 0.15) is 35.7 Å². The molecule has 2 amide bonds. The minimum Gasteiger partial charge on any atom is -0.369 e. The van der Waals surface area contributed by atoms with Gasteiger partial charge >= 0.3 is 0 Å². The molecule has 4 rings (SSSR count). The van der Waals surface area contributed by atoms with Gasteiger partial charge in [-0.3, -0.25) is 9.59 Å². The molecule has 2 aromatic carbocycles. The highest BCUT2D eigenvalue weighted by Crippen LogP contribution is 2.30. The number of amides is 2. The van der Waals surface area contributed by atoms with Crippen molar-refractivity contribution in [3.63, 3.8) is 0 Å². The Morgan fingerprint density at radius 2 is 1.70 bits per heavy atom. The van der Waals surface area contributed by atoms with Crippen LogP contribution in [0.4, 0.5) is 17.1 Å². The Bertz CT molecular complexity index is 931. The summed E-state index contributed by atoms with van der Waals surface area (Å²) < 4.78 is 0. The summed E-state index contributed by atoms with van der Waals surface area (Å²) in [5.74, 6) is -0.00584. The van der Waals surface area contributed by atoms with Gasteiger partial charge in [-0.05, 0) is 68.3 Å². The first-order valence-electron chi connectivity index (χ1n) is 10.8. The van der Waals surface area contributed by atoms with E-state index in [-0.39, 0.29) is 17.7 Å². The van der Waals surface area contributed by atoms with Crippen molar-refractivity contribution in [1.82, 2.24) is 4.90 Å². The lowest BCUT2D eigenvalue weighted by Crippen LogP contribution is -2.46. The summed E-state index contributed by atoms with van der Waals surface area (Å²) in [4.78, 5) is 29.6. The van der Waals surface area contributed by atoms with Crippen molar-refractivity contribution in [2.24, 2.45) is 5.92 Å². The average molecular weight is 407 g/mol. The summed E-state index contributed by atoms with van der Waals surface area (Å²) in [5.41, 5.74) is 4.36. The van der Waals surface area contributed by atoms with Crippen molar-refractivity contribution in [3.05, 3.63) is 53.6 Å². The second-order valence-corrected chi connectivity index (χ2v) is 8.22. The highest BCUT2D eigenvalue weighted by molar-refractivity contribution is 6.05. The summed E-state index contributed by atoms with van der Waals surface area (Å²) in [7, 11) is 0. The number of carbonyl (C=O) groups is 2. The lowest BCUT2D eigenvalue weighted by Gasteiger charge is -2.36. The molecule has 0 aromatic heterocycles. The topological polar surface area (TPSA) is 64.7 Å². The molecule has 0 spiro atoms. The number of carbonyl (C=O) groups excluding carboxylic acids is 2. The van der Waals surface area contributed by atoms with Crippen molar-refractivity contribution in [2.45, 2.75) is 26.7 Å². The number of benzene rings is 2. The first-order chi connectivity index (χ1) is 14.5. The molecule has 1 aliphatic heterocycles. The van der Waals surface area contributed by atoms with Gasteiger partial charge in [0.25, 0.3) is 5.91 Å². The number of nitrogens with zero attached hydrogens (tertiary/aromatic N) is 2. The predicted molar refractivity (Wildman–Crippen MR) is 121 cm³/mol. The summed E-state index contributed by atoms with van der Waals surface area (Å²) in [6.07, 6.45) is 1.91. The number of nitrogens with one attached hydrogen (secondary N) is 2. The molecule has 2 aliphatic rings. The van der Waals surface area contributed by atoms with E-state index in [2.05, 4.69) is 40.3 Å². The SMILES string of the molecule is CCN1CCN(c2ccc(NC(=O)c3cccc(NC(=O)C4CC4)c3)cc2C)CC1. The molecular weight excluding hydrogens is 376 g/mol. The Balaban J connectivity index is 1.40. The van der Waals surface area contributed by atoms with Crippen LogP contribution in [0.25, 0.3) is 0 Å². The number of rotatable bonds is 6. The van der Waals surface area contributed by atoms with Crippen LogP contribution in [0, 0.1) is 12.8 Å². The second-order valence-electron chi connectivity index (χ2n) is 8.22. The van der Waals surface area contributed by atoms with E-state index in [1.807, 2.05) is 18.2 Å². The molecule has 2 aromatic rings. The van der Waals surface area contributed by atoms with Gasteiger partial charge in [-0.2, -0.15) is 0 Å². The monoisotopic (exact) mass is 406 g/mol. The Morgan fingerprint density at radius 1 is 0.967 bits per heavy atom. The zero-order valence-electron chi connectivity index (χ0n) is 17.8. The maximum absolute atomic E-state index is 12.7. The first kappa shape index (κ1) is 20.4. The molecule has 158 valence electrons. The van der Waals surface area contributed by atoms with E-state index in [9.17, 15) is 9.59 Å². The summed E-state index contributed by atoms with van der Waals surface area (Å²) >= 11 is 0. The standard InChI is InChI=1S/C24H30N4O2/c1-3-27-11-13-28(14-12-27)22-10-9-21(15-17(22)2)26-24(30)19-5-4-6-20(16-19)25-23(29)18-7-8-18/h4-6,9-10,15-16,18H,3,7-8,11-14H2,1-2H3,(H,25,29)(H,26,30). The highest BCUT2D eigenvalue weighted by Gasteiger charge is 2.29. The molecule has 6 heteroatoms. The highest BCUT2D eigenvalue weighted by atomic mass is 16.2. The summed E-state index contributed by atoms with van der Waals surface area (Å²) in [6.45, 7) is 9.62. The number of aryl methyl sites for hydroxylation is 1. The van der Waals surface area contributed by atoms with Crippen LogP contribution in [-0.4, -0.2) is 49.4 Å². The summed E-state index contributed by atoms with van der Waals surface area (Å²) in [6, 6.07) is 13.2. The van der Waals surface area contributed by atoms with E-state index in [0.29, 0.717) is 11.3 Å². The zero-order valence-corrected chi connectivity index (χ0v) is 17.8. The van der Waals surface area contributed by atoms with Gasteiger partial charge in [0.15, 0.2) is 0 Å². The van der Waals surface area contributed by atoms with Gasteiger partial charge in [0, 0.05) is 54.7 Å². The van der Waals surface area contributed by atoms with Gasteiger partial charge in [-0.1, -0.05) is 13.0 Å². The Kier molecular flexibility index (Phi) is 6.04. The number of anilines is 3. The molecule has 6 nitrogen and oxygen atoms in total. The van der Waals surface area contributed by atoms with E-state index in [0.717, 1.165) is 56.8 Å². The van der Waals surface area contributed by atoms with Gasteiger partial charge in [0.2, 0.25) is 5.91 Å².